The molecule has 0 aliphatic heterocycles. The lowest BCUT2D eigenvalue weighted by Crippen LogP contribution is -2.10. The van der Waals surface area contributed by atoms with E-state index < -0.39 is 6.23 Å². The van der Waals surface area contributed by atoms with E-state index in [4.69, 9.17) is 11.6 Å². The zero-order valence-electron chi connectivity index (χ0n) is 12.3. The third-order valence-corrected chi connectivity index (χ3v) is 4.95. The molecule has 22 heavy (non-hydrogen) atoms. The van der Waals surface area contributed by atoms with Gasteiger partial charge in [0.25, 0.3) is 0 Å². The number of thiophene rings is 1. The van der Waals surface area contributed by atoms with Gasteiger partial charge in [-0.2, -0.15) is 0 Å². The van der Waals surface area contributed by atoms with Gasteiger partial charge >= 0.3 is 0 Å². The van der Waals surface area contributed by atoms with E-state index in [0.29, 0.717) is 21.9 Å². The molecule has 0 amide bonds. The highest BCUT2D eigenvalue weighted by Gasteiger charge is 2.24. The number of aliphatic hydroxyl groups excluding tert-OH is 1. The molecule has 0 fully saturated rings. The molecule has 1 aromatic carbocycles. The van der Waals surface area contributed by atoms with Crippen molar-refractivity contribution in [1.29, 1.82) is 0 Å². The number of hydrogen-bond donors (Lipinski definition) is 1. The fraction of sp³-hybridized carbons (Fsp3) is 0.235. The Bertz CT molecular complexity index is 836. The van der Waals surface area contributed by atoms with E-state index in [1.807, 2.05) is 42.0 Å². The van der Waals surface area contributed by atoms with Crippen LogP contribution in [0.3, 0.4) is 0 Å². The summed E-state index contributed by atoms with van der Waals surface area (Å²) in [6, 6.07) is 9.11. The van der Waals surface area contributed by atoms with E-state index in [0.717, 1.165) is 16.6 Å². The molecular weight excluding hydrogens is 318 g/mol. The van der Waals surface area contributed by atoms with Crippen LogP contribution in [0.2, 0.25) is 5.02 Å². The molecule has 3 aromatic rings. The van der Waals surface area contributed by atoms with Crippen LogP contribution in [-0.2, 0) is 0 Å². The molecule has 0 saturated heterocycles. The van der Waals surface area contributed by atoms with Crippen LogP contribution in [0.1, 0.15) is 40.5 Å². The fourth-order valence-corrected chi connectivity index (χ4v) is 3.64. The summed E-state index contributed by atoms with van der Waals surface area (Å²) in [6.07, 6.45) is -0.0894. The quantitative estimate of drug-likeness (QED) is 0.697. The van der Waals surface area contributed by atoms with Crippen molar-refractivity contribution in [3.8, 4) is 0 Å². The Morgan fingerprint density at radius 1 is 1.41 bits per heavy atom. The summed E-state index contributed by atoms with van der Waals surface area (Å²) < 4.78 is 1.81. The first-order valence-electron chi connectivity index (χ1n) is 7.11. The maximum Gasteiger partial charge on any atom is 0.205 e. The second-order valence-electron chi connectivity index (χ2n) is 5.19. The predicted molar refractivity (Wildman–Crippen MR) is 91.0 cm³/mol. The van der Waals surface area contributed by atoms with Crippen molar-refractivity contribution in [3.05, 3.63) is 56.9 Å². The fourth-order valence-electron chi connectivity index (χ4n) is 2.80. The molecule has 3 nitrogen and oxygen atoms in total. The summed E-state index contributed by atoms with van der Waals surface area (Å²) >= 11 is 7.53. The topological polar surface area (TPSA) is 42.2 Å². The van der Waals surface area contributed by atoms with Gasteiger partial charge in [-0.15, -0.1) is 11.3 Å². The average molecular weight is 334 g/mol. The largest absolute Gasteiger partial charge is 0.373 e. The number of nitrogens with zero attached hydrogens (tertiary/aromatic N) is 1. The minimum Gasteiger partial charge on any atom is -0.373 e. The number of halogens is 1. The molecule has 114 valence electrons. The van der Waals surface area contributed by atoms with E-state index in [2.05, 4.69) is 0 Å². The summed E-state index contributed by atoms with van der Waals surface area (Å²) in [6.45, 7) is 3.78. The van der Waals surface area contributed by atoms with Crippen molar-refractivity contribution in [1.82, 2.24) is 4.57 Å². The minimum absolute atomic E-state index is 0.0261. The number of fused-ring (bicyclic) bond motifs is 1. The maximum absolute atomic E-state index is 12.9. The van der Waals surface area contributed by atoms with Gasteiger partial charge in [0.05, 0.1) is 16.0 Å². The first-order valence-corrected chi connectivity index (χ1v) is 8.36. The first kappa shape index (κ1) is 15.3. The summed E-state index contributed by atoms with van der Waals surface area (Å²) in [7, 11) is 0. The van der Waals surface area contributed by atoms with Gasteiger partial charge in [-0.1, -0.05) is 24.6 Å². The Morgan fingerprint density at radius 2 is 2.18 bits per heavy atom. The van der Waals surface area contributed by atoms with Crippen molar-refractivity contribution >= 4 is 39.6 Å². The molecule has 1 unspecified atom stereocenters. The maximum atomic E-state index is 12.9. The lowest BCUT2D eigenvalue weighted by molar-refractivity contribution is 0.101. The Kier molecular flexibility index (Phi) is 4.08. The van der Waals surface area contributed by atoms with Crippen LogP contribution >= 0.6 is 22.9 Å². The molecule has 1 atom stereocenters. The summed E-state index contributed by atoms with van der Waals surface area (Å²) in [5, 5.41) is 13.6. The molecule has 5 heteroatoms. The van der Waals surface area contributed by atoms with E-state index in [1.165, 1.54) is 11.3 Å². The molecule has 0 spiro atoms. The van der Waals surface area contributed by atoms with Gasteiger partial charge in [-0.25, -0.2) is 0 Å². The van der Waals surface area contributed by atoms with Crippen molar-refractivity contribution < 1.29 is 9.90 Å². The Morgan fingerprint density at radius 3 is 2.82 bits per heavy atom. The molecule has 2 heterocycles. The van der Waals surface area contributed by atoms with Crippen LogP contribution in [-0.4, -0.2) is 15.5 Å². The molecule has 0 radical (unpaired) electrons. The monoisotopic (exact) mass is 333 g/mol. The van der Waals surface area contributed by atoms with Crippen LogP contribution in [0.4, 0.5) is 0 Å². The Balaban J connectivity index is 2.31. The number of rotatable bonds is 4. The van der Waals surface area contributed by atoms with Crippen LogP contribution in [0.25, 0.3) is 10.9 Å². The summed E-state index contributed by atoms with van der Waals surface area (Å²) in [4.78, 5) is 13.5. The van der Waals surface area contributed by atoms with Gasteiger partial charge in [-0.3, -0.25) is 4.79 Å². The summed E-state index contributed by atoms with van der Waals surface area (Å²) in [5.41, 5.74) is 2.22. The van der Waals surface area contributed by atoms with Gasteiger partial charge in [0.1, 0.15) is 6.23 Å². The highest BCUT2D eigenvalue weighted by Crippen LogP contribution is 2.33. The number of ketones is 1. The minimum atomic E-state index is -0.659. The van der Waals surface area contributed by atoms with Crippen molar-refractivity contribution in [2.45, 2.75) is 26.5 Å². The third kappa shape index (κ3) is 2.37. The van der Waals surface area contributed by atoms with E-state index in [-0.39, 0.29) is 5.78 Å². The van der Waals surface area contributed by atoms with Crippen LogP contribution in [0.5, 0.6) is 0 Å². The normalized spacial score (nSPS) is 12.7. The second kappa shape index (κ2) is 5.88. The molecule has 0 bridgehead atoms. The van der Waals surface area contributed by atoms with Gasteiger partial charge in [0, 0.05) is 16.1 Å². The highest BCUT2D eigenvalue weighted by atomic mass is 35.5. The van der Waals surface area contributed by atoms with Crippen LogP contribution in [0, 0.1) is 6.92 Å². The second-order valence-corrected chi connectivity index (χ2v) is 6.57. The molecule has 2 aromatic heterocycles. The van der Waals surface area contributed by atoms with Crippen molar-refractivity contribution in [3.63, 3.8) is 0 Å². The Labute approximate surface area is 137 Å². The number of aliphatic hydroxyl groups is 1. The molecular formula is C17H16ClNO2S. The zero-order chi connectivity index (χ0) is 15.9. The smallest absolute Gasteiger partial charge is 0.205 e. The zero-order valence-corrected chi connectivity index (χ0v) is 13.9. The predicted octanol–water partition coefficient (Wildman–Crippen LogP) is 4.80. The van der Waals surface area contributed by atoms with Gasteiger partial charge in [0.15, 0.2) is 0 Å². The van der Waals surface area contributed by atoms with Crippen molar-refractivity contribution in [2.75, 3.05) is 0 Å². The van der Waals surface area contributed by atoms with Gasteiger partial charge in [-0.05, 0) is 43.0 Å². The average Bonchev–Trinajstić information content (AvgIpc) is 3.11. The lowest BCUT2D eigenvalue weighted by atomic mass is 10.1. The molecule has 0 aliphatic rings. The number of carbonyl (C=O) groups excluding carboxylic acids is 1. The highest BCUT2D eigenvalue weighted by molar-refractivity contribution is 7.12. The molecule has 0 saturated carbocycles. The lowest BCUT2D eigenvalue weighted by Gasteiger charge is -2.14. The van der Waals surface area contributed by atoms with Gasteiger partial charge in [0.2, 0.25) is 5.78 Å². The van der Waals surface area contributed by atoms with Crippen molar-refractivity contribution in [2.24, 2.45) is 0 Å². The van der Waals surface area contributed by atoms with E-state index >= 15 is 0 Å². The number of benzene rings is 1. The first-order chi connectivity index (χ1) is 10.5. The van der Waals surface area contributed by atoms with Gasteiger partial charge < -0.3 is 9.67 Å². The molecule has 3 rings (SSSR count). The number of aromatic nitrogens is 1. The number of carbonyl (C=O) groups is 1. The van der Waals surface area contributed by atoms with E-state index in [1.54, 1.807) is 12.1 Å². The third-order valence-electron chi connectivity index (χ3n) is 3.85. The SMILES string of the molecule is CCC(O)n1c(C)c(C(=O)c2cccs2)c2cc(Cl)ccc21. The summed E-state index contributed by atoms with van der Waals surface area (Å²) in [5.74, 6) is -0.0261. The standard InChI is InChI=1S/C17H16ClNO2S/c1-3-15(20)19-10(2)16(17(21)14-5-4-8-22-14)12-9-11(18)6-7-13(12)19/h4-9,15,20H,3H2,1-2H3. The molecule has 0 aliphatic carbocycles. The Hall–Kier alpha value is -1.62. The number of hydrogen-bond acceptors (Lipinski definition) is 3. The molecule has 1 N–H and O–H groups in total. The van der Waals surface area contributed by atoms with Crippen LogP contribution < -0.4 is 0 Å². The van der Waals surface area contributed by atoms with E-state index in [9.17, 15) is 9.90 Å². The van der Waals surface area contributed by atoms with Crippen LogP contribution in [0.15, 0.2) is 35.7 Å².